The molecule has 0 aliphatic carbocycles. The molecule has 0 heterocycles. The fourth-order valence-electron chi connectivity index (χ4n) is 2.04. The number of sulfonamides is 1. The van der Waals surface area contributed by atoms with Crippen LogP contribution in [0.4, 0.5) is 5.69 Å². The van der Waals surface area contributed by atoms with Crippen LogP contribution in [-0.2, 0) is 14.8 Å². The summed E-state index contributed by atoms with van der Waals surface area (Å²) in [5.41, 5.74) is 6.10. The molecule has 0 fully saturated rings. The lowest BCUT2D eigenvalue weighted by Gasteiger charge is -2.25. The maximum Gasteiger partial charge on any atom is 0.264 e. The molecule has 1 amide bonds. The van der Waals surface area contributed by atoms with Crippen LogP contribution in [0.15, 0.2) is 51.8 Å². The Labute approximate surface area is 148 Å². The fraction of sp³-hybridized carbons (Fsp3) is 0.133. The van der Waals surface area contributed by atoms with Gasteiger partial charge in [0.05, 0.1) is 10.6 Å². The van der Waals surface area contributed by atoms with Crippen molar-refractivity contribution in [3.05, 3.63) is 57.5 Å². The molecule has 0 radical (unpaired) electrons. The van der Waals surface area contributed by atoms with E-state index in [1.165, 1.54) is 12.1 Å². The number of halogens is 2. The predicted molar refractivity (Wildman–Crippen MR) is 94.1 cm³/mol. The minimum Gasteiger partial charge on any atom is -0.368 e. The van der Waals surface area contributed by atoms with E-state index in [1.54, 1.807) is 37.3 Å². The summed E-state index contributed by atoms with van der Waals surface area (Å²) in [5, 5.41) is 0.406. The molecule has 2 rings (SSSR count). The van der Waals surface area contributed by atoms with Gasteiger partial charge in [-0.1, -0.05) is 33.6 Å². The van der Waals surface area contributed by atoms with Crippen molar-refractivity contribution in [3.63, 3.8) is 0 Å². The first-order chi connectivity index (χ1) is 10.7. The van der Waals surface area contributed by atoms with Gasteiger partial charge in [-0.15, -0.1) is 0 Å². The maximum absolute atomic E-state index is 12.9. The number of hydrogen-bond acceptors (Lipinski definition) is 3. The third kappa shape index (κ3) is 3.85. The number of hydrogen-bond donors (Lipinski definition) is 1. The van der Waals surface area contributed by atoms with Crippen LogP contribution in [-0.4, -0.2) is 20.9 Å². The standard InChI is InChI=1S/C15H14BrClN2O3S/c1-10-13(17)3-2-4-14(10)19(9-15(18)20)23(21,22)12-7-5-11(16)6-8-12/h2-8H,9H2,1H3,(H2,18,20). The molecule has 2 N–H and O–H groups in total. The zero-order chi connectivity index (χ0) is 17.2. The fourth-order valence-corrected chi connectivity index (χ4v) is 3.96. The topological polar surface area (TPSA) is 80.5 Å². The van der Waals surface area contributed by atoms with Gasteiger partial charge in [-0.05, 0) is 48.9 Å². The van der Waals surface area contributed by atoms with E-state index >= 15 is 0 Å². The summed E-state index contributed by atoms with van der Waals surface area (Å²) >= 11 is 9.32. The molecule has 5 nitrogen and oxygen atoms in total. The molecule has 8 heteroatoms. The zero-order valence-electron chi connectivity index (χ0n) is 12.2. The van der Waals surface area contributed by atoms with Gasteiger partial charge in [0.2, 0.25) is 5.91 Å². The molecular formula is C15H14BrClN2O3S. The summed E-state index contributed by atoms with van der Waals surface area (Å²) in [5.74, 6) is -0.759. The predicted octanol–water partition coefficient (Wildman–Crippen LogP) is 3.09. The van der Waals surface area contributed by atoms with Gasteiger partial charge >= 0.3 is 0 Å². The second kappa shape index (κ2) is 6.90. The first-order valence-corrected chi connectivity index (χ1v) is 9.16. The van der Waals surface area contributed by atoms with Gasteiger partial charge in [-0.25, -0.2) is 8.42 Å². The molecule has 0 aromatic heterocycles. The lowest BCUT2D eigenvalue weighted by Crippen LogP contribution is -2.39. The highest BCUT2D eigenvalue weighted by molar-refractivity contribution is 9.10. The van der Waals surface area contributed by atoms with Gasteiger partial charge in [0.25, 0.3) is 10.0 Å². The first kappa shape index (κ1) is 17.8. The summed E-state index contributed by atoms with van der Waals surface area (Å²) in [7, 11) is -3.95. The lowest BCUT2D eigenvalue weighted by molar-refractivity contribution is -0.116. The van der Waals surface area contributed by atoms with Gasteiger partial charge in [0, 0.05) is 9.50 Å². The molecular weight excluding hydrogens is 404 g/mol. The van der Waals surface area contributed by atoms with E-state index in [1.807, 2.05) is 0 Å². The van der Waals surface area contributed by atoms with Crippen LogP contribution in [0.1, 0.15) is 5.56 Å². The second-order valence-corrected chi connectivity index (χ2v) is 8.00. The molecule has 2 aromatic rings. The molecule has 0 aliphatic rings. The summed E-state index contributed by atoms with van der Waals surface area (Å²) in [6.45, 7) is 1.21. The van der Waals surface area contributed by atoms with Crippen LogP contribution < -0.4 is 10.0 Å². The van der Waals surface area contributed by atoms with Crippen molar-refractivity contribution >= 4 is 49.1 Å². The summed E-state index contributed by atoms with van der Waals surface area (Å²) in [6, 6.07) is 11.0. The van der Waals surface area contributed by atoms with Crippen LogP contribution >= 0.6 is 27.5 Å². The van der Waals surface area contributed by atoms with Crippen molar-refractivity contribution in [2.24, 2.45) is 5.73 Å². The van der Waals surface area contributed by atoms with Crippen LogP contribution in [0.2, 0.25) is 5.02 Å². The third-order valence-corrected chi connectivity index (χ3v) is 5.92. The van der Waals surface area contributed by atoms with Crippen LogP contribution in [0, 0.1) is 6.92 Å². The Morgan fingerprint density at radius 3 is 2.39 bits per heavy atom. The monoisotopic (exact) mass is 416 g/mol. The van der Waals surface area contributed by atoms with E-state index < -0.39 is 22.5 Å². The number of carbonyl (C=O) groups is 1. The lowest BCUT2D eigenvalue weighted by atomic mass is 10.2. The Morgan fingerprint density at radius 2 is 1.83 bits per heavy atom. The summed E-state index contributed by atoms with van der Waals surface area (Å²) in [6.07, 6.45) is 0. The first-order valence-electron chi connectivity index (χ1n) is 6.55. The minimum atomic E-state index is -3.95. The molecule has 0 spiro atoms. The van der Waals surface area contributed by atoms with E-state index in [0.717, 1.165) is 8.78 Å². The summed E-state index contributed by atoms with van der Waals surface area (Å²) < 4.78 is 27.5. The number of primary amides is 1. The molecule has 0 unspecified atom stereocenters. The van der Waals surface area contributed by atoms with Crippen LogP contribution in [0.3, 0.4) is 0 Å². The Kier molecular flexibility index (Phi) is 5.33. The van der Waals surface area contributed by atoms with E-state index in [-0.39, 0.29) is 4.90 Å². The highest BCUT2D eigenvalue weighted by Crippen LogP contribution is 2.31. The van der Waals surface area contributed by atoms with E-state index in [4.69, 9.17) is 17.3 Å². The van der Waals surface area contributed by atoms with Crippen molar-refractivity contribution in [1.82, 2.24) is 0 Å². The number of benzene rings is 2. The van der Waals surface area contributed by atoms with Crippen molar-refractivity contribution < 1.29 is 13.2 Å². The molecule has 0 aliphatic heterocycles. The van der Waals surface area contributed by atoms with Gasteiger partial charge in [-0.3, -0.25) is 9.10 Å². The number of amides is 1. The van der Waals surface area contributed by atoms with Gasteiger partial charge in [-0.2, -0.15) is 0 Å². The Morgan fingerprint density at radius 1 is 1.22 bits per heavy atom. The normalized spacial score (nSPS) is 11.3. The smallest absolute Gasteiger partial charge is 0.264 e. The van der Waals surface area contributed by atoms with Gasteiger partial charge < -0.3 is 5.73 Å². The average molecular weight is 418 g/mol. The van der Waals surface area contributed by atoms with Gasteiger partial charge in [0.1, 0.15) is 6.54 Å². The number of carbonyl (C=O) groups excluding carboxylic acids is 1. The number of anilines is 1. The average Bonchev–Trinajstić information content (AvgIpc) is 2.48. The Balaban J connectivity index is 2.60. The Hall–Kier alpha value is -1.57. The van der Waals surface area contributed by atoms with Crippen LogP contribution in [0.5, 0.6) is 0 Å². The molecule has 23 heavy (non-hydrogen) atoms. The molecule has 122 valence electrons. The highest BCUT2D eigenvalue weighted by atomic mass is 79.9. The largest absolute Gasteiger partial charge is 0.368 e. The number of nitrogens with two attached hydrogens (primary N) is 1. The zero-order valence-corrected chi connectivity index (χ0v) is 15.3. The quantitative estimate of drug-likeness (QED) is 0.812. The Bertz CT molecular complexity index is 838. The van der Waals surface area contributed by atoms with E-state index in [2.05, 4.69) is 15.9 Å². The number of nitrogens with zero attached hydrogens (tertiary/aromatic N) is 1. The van der Waals surface area contributed by atoms with Crippen molar-refractivity contribution in [2.75, 3.05) is 10.8 Å². The maximum atomic E-state index is 12.9. The van der Waals surface area contributed by atoms with Crippen molar-refractivity contribution in [1.29, 1.82) is 0 Å². The van der Waals surface area contributed by atoms with Crippen LogP contribution in [0.25, 0.3) is 0 Å². The highest BCUT2D eigenvalue weighted by Gasteiger charge is 2.28. The molecule has 0 saturated heterocycles. The second-order valence-electron chi connectivity index (χ2n) is 4.82. The van der Waals surface area contributed by atoms with Crippen molar-refractivity contribution in [3.8, 4) is 0 Å². The minimum absolute atomic E-state index is 0.0568. The SMILES string of the molecule is Cc1c(Cl)cccc1N(CC(N)=O)S(=O)(=O)c1ccc(Br)cc1. The molecule has 2 aromatic carbocycles. The van der Waals surface area contributed by atoms with Crippen molar-refractivity contribution in [2.45, 2.75) is 11.8 Å². The number of rotatable bonds is 5. The molecule has 0 atom stereocenters. The molecule has 0 saturated carbocycles. The van der Waals surface area contributed by atoms with E-state index in [0.29, 0.717) is 16.3 Å². The summed E-state index contributed by atoms with van der Waals surface area (Å²) in [4.78, 5) is 11.4. The van der Waals surface area contributed by atoms with Gasteiger partial charge in [0.15, 0.2) is 0 Å². The third-order valence-electron chi connectivity index (χ3n) is 3.21. The van der Waals surface area contributed by atoms with E-state index in [9.17, 15) is 13.2 Å². The molecule has 0 bridgehead atoms.